The minimum absolute atomic E-state index is 0.0419. The van der Waals surface area contributed by atoms with Crippen molar-refractivity contribution in [3.05, 3.63) is 59.0 Å². The normalized spacial score (nSPS) is 21.4. The number of hydrogen-bond acceptors (Lipinski definition) is 6. The van der Waals surface area contributed by atoms with Crippen LogP contribution in [0.15, 0.2) is 46.3 Å². The van der Waals surface area contributed by atoms with Crippen LogP contribution in [-0.2, 0) is 11.2 Å². The van der Waals surface area contributed by atoms with Crippen LogP contribution < -0.4 is 0 Å². The molecule has 5 rings (SSSR count). The molecule has 0 radical (unpaired) electrons. The fourth-order valence-corrected chi connectivity index (χ4v) is 4.98. The number of hydrogen-bond donors (Lipinski definition) is 0. The summed E-state index contributed by atoms with van der Waals surface area (Å²) in [5.41, 5.74) is 0.683. The van der Waals surface area contributed by atoms with Gasteiger partial charge in [0.1, 0.15) is 5.82 Å². The Morgan fingerprint density at radius 1 is 1.16 bits per heavy atom. The first kappa shape index (κ1) is 20.3. The van der Waals surface area contributed by atoms with Gasteiger partial charge in [-0.05, 0) is 48.4 Å². The van der Waals surface area contributed by atoms with E-state index in [0.29, 0.717) is 17.3 Å². The topological polar surface area (TPSA) is 62.5 Å². The number of rotatable bonds is 7. The van der Waals surface area contributed by atoms with Crippen molar-refractivity contribution in [2.24, 2.45) is 5.92 Å². The van der Waals surface area contributed by atoms with Crippen LogP contribution in [0, 0.1) is 11.7 Å². The number of thiophene rings is 1. The van der Waals surface area contributed by atoms with E-state index in [9.17, 15) is 9.18 Å². The van der Waals surface area contributed by atoms with Crippen LogP contribution in [0.25, 0.3) is 10.7 Å². The highest BCUT2D eigenvalue weighted by molar-refractivity contribution is 7.13. The summed E-state index contributed by atoms with van der Waals surface area (Å²) in [6.07, 6.45) is 2.46. The van der Waals surface area contributed by atoms with Gasteiger partial charge in [-0.25, -0.2) is 4.39 Å². The third kappa shape index (κ3) is 4.55. The lowest BCUT2D eigenvalue weighted by molar-refractivity contribution is -0.134. The summed E-state index contributed by atoms with van der Waals surface area (Å²) in [5, 5.41) is 6.05. The highest BCUT2D eigenvalue weighted by atomic mass is 32.1. The molecule has 2 aromatic heterocycles. The maximum Gasteiger partial charge on any atom is 0.227 e. The minimum atomic E-state index is -0.198. The number of halogens is 1. The summed E-state index contributed by atoms with van der Waals surface area (Å²) < 4.78 is 19.3. The lowest BCUT2D eigenvalue weighted by atomic mass is 10.1. The molecule has 2 aliphatic rings. The lowest BCUT2D eigenvalue weighted by Crippen LogP contribution is -2.49. The molecule has 2 unspecified atom stereocenters. The van der Waals surface area contributed by atoms with E-state index in [2.05, 4.69) is 15.0 Å². The van der Waals surface area contributed by atoms with Crippen LogP contribution in [0.2, 0.25) is 0 Å². The van der Waals surface area contributed by atoms with E-state index in [1.165, 1.54) is 6.07 Å². The third-order valence-electron chi connectivity index (χ3n) is 6.17. The summed E-state index contributed by atoms with van der Waals surface area (Å²) in [6, 6.07) is 10.8. The van der Waals surface area contributed by atoms with Crippen molar-refractivity contribution in [3.63, 3.8) is 0 Å². The van der Waals surface area contributed by atoms with E-state index in [4.69, 9.17) is 4.52 Å². The van der Waals surface area contributed by atoms with E-state index in [1.54, 1.807) is 23.5 Å². The molecule has 3 heterocycles. The molecule has 31 heavy (non-hydrogen) atoms. The number of amides is 1. The lowest BCUT2D eigenvalue weighted by Gasteiger charge is -2.35. The van der Waals surface area contributed by atoms with E-state index in [1.807, 2.05) is 28.5 Å². The number of nitrogens with zero attached hydrogens (tertiary/aromatic N) is 4. The highest BCUT2D eigenvalue weighted by Crippen LogP contribution is 2.49. The fraction of sp³-hybridized carbons (Fsp3) is 0.435. The van der Waals surface area contributed by atoms with Gasteiger partial charge in [-0.3, -0.25) is 9.69 Å². The van der Waals surface area contributed by atoms with E-state index >= 15 is 0 Å². The zero-order valence-corrected chi connectivity index (χ0v) is 18.1. The molecule has 6 nitrogen and oxygen atoms in total. The van der Waals surface area contributed by atoms with Gasteiger partial charge in [-0.2, -0.15) is 4.98 Å². The Morgan fingerprint density at radius 2 is 2.00 bits per heavy atom. The molecule has 2 atom stereocenters. The summed E-state index contributed by atoms with van der Waals surface area (Å²) >= 11 is 1.60. The van der Waals surface area contributed by atoms with Gasteiger partial charge in [0, 0.05) is 38.5 Å². The van der Waals surface area contributed by atoms with Crippen molar-refractivity contribution < 1.29 is 13.7 Å². The predicted molar refractivity (Wildman–Crippen MR) is 116 cm³/mol. The molecular weight excluding hydrogens is 415 g/mol. The average Bonchev–Trinajstić information content (AvgIpc) is 3.16. The standard InChI is InChI=1S/C23H25FN4O2S/c24-19-6-2-1-5-16(19)17-15-18(17)23(29)28-12-10-27(11-13-28)9-3-8-21-25-22(26-30-21)20-7-4-14-31-20/h1-2,4-7,14,17-18H,3,8-13,15H2. The monoisotopic (exact) mass is 440 g/mol. The van der Waals surface area contributed by atoms with Crippen LogP contribution in [0.1, 0.15) is 30.2 Å². The Kier molecular flexibility index (Phi) is 5.82. The predicted octanol–water partition coefficient (Wildman–Crippen LogP) is 3.82. The highest BCUT2D eigenvalue weighted by Gasteiger charge is 2.47. The SMILES string of the molecule is O=C(C1CC1c1ccccc1F)N1CCN(CCCc2nc(-c3cccs3)no2)CC1. The number of aryl methyl sites for hydroxylation is 1. The molecule has 8 heteroatoms. The summed E-state index contributed by atoms with van der Waals surface area (Å²) in [6.45, 7) is 4.16. The Balaban J connectivity index is 1.04. The molecule has 1 aliphatic heterocycles. The average molecular weight is 441 g/mol. The summed E-state index contributed by atoms with van der Waals surface area (Å²) in [7, 11) is 0. The van der Waals surface area contributed by atoms with Crippen LogP contribution in [-0.4, -0.2) is 58.6 Å². The second-order valence-corrected chi connectivity index (χ2v) is 9.18. The van der Waals surface area contributed by atoms with Gasteiger partial charge in [0.2, 0.25) is 17.6 Å². The van der Waals surface area contributed by atoms with Crippen molar-refractivity contribution in [2.75, 3.05) is 32.7 Å². The molecule has 162 valence electrons. The van der Waals surface area contributed by atoms with E-state index < -0.39 is 0 Å². The largest absolute Gasteiger partial charge is 0.340 e. The van der Waals surface area contributed by atoms with E-state index in [-0.39, 0.29) is 23.6 Å². The molecule has 0 spiro atoms. The van der Waals surface area contributed by atoms with Crippen molar-refractivity contribution in [2.45, 2.75) is 25.2 Å². The Hall–Kier alpha value is -2.58. The fourth-order valence-electron chi connectivity index (χ4n) is 4.33. The molecule has 1 saturated heterocycles. The molecule has 0 bridgehead atoms. The van der Waals surface area contributed by atoms with Gasteiger partial charge < -0.3 is 9.42 Å². The van der Waals surface area contributed by atoms with Crippen molar-refractivity contribution in [1.29, 1.82) is 0 Å². The van der Waals surface area contributed by atoms with E-state index in [0.717, 1.165) is 56.9 Å². The smallest absolute Gasteiger partial charge is 0.227 e. The molecule has 1 saturated carbocycles. The first-order valence-electron chi connectivity index (χ1n) is 10.8. The second-order valence-electron chi connectivity index (χ2n) is 8.23. The molecule has 1 amide bonds. The van der Waals surface area contributed by atoms with Crippen LogP contribution >= 0.6 is 11.3 Å². The number of carbonyl (C=O) groups is 1. The molecule has 3 aromatic rings. The number of aromatic nitrogens is 2. The van der Waals surface area contributed by atoms with Crippen molar-refractivity contribution >= 4 is 17.2 Å². The molecular formula is C23H25FN4O2S. The second kappa shape index (κ2) is 8.88. The van der Waals surface area contributed by atoms with Crippen LogP contribution in [0.5, 0.6) is 0 Å². The summed E-state index contributed by atoms with van der Waals surface area (Å²) in [4.78, 5) is 22.6. The first-order valence-corrected chi connectivity index (χ1v) is 11.7. The zero-order chi connectivity index (χ0) is 21.2. The van der Waals surface area contributed by atoms with Crippen LogP contribution in [0.4, 0.5) is 4.39 Å². The summed E-state index contributed by atoms with van der Waals surface area (Å²) in [5.74, 6) is 1.30. The van der Waals surface area contributed by atoms with Gasteiger partial charge in [-0.1, -0.05) is 29.4 Å². The van der Waals surface area contributed by atoms with Crippen molar-refractivity contribution in [3.8, 4) is 10.7 Å². The Labute approximate surface area is 184 Å². The third-order valence-corrected chi connectivity index (χ3v) is 7.04. The van der Waals surface area contributed by atoms with Gasteiger partial charge in [-0.15, -0.1) is 11.3 Å². The van der Waals surface area contributed by atoms with Gasteiger partial charge in [0.05, 0.1) is 4.88 Å². The molecule has 1 aromatic carbocycles. The Bertz CT molecular complexity index is 1030. The Morgan fingerprint density at radius 3 is 2.77 bits per heavy atom. The quantitative estimate of drug-likeness (QED) is 0.559. The maximum absolute atomic E-state index is 14.0. The first-order chi connectivity index (χ1) is 15.2. The van der Waals surface area contributed by atoms with Crippen LogP contribution in [0.3, 0.4) is 0 Å². The molecule has 0 N–H and O–H groups in total. The maximum atomic E-state index is 14.0. The number of piperazine rings is 1. The van der Waals surface area contributed by atoms with Crippen molar-refractivity contribution in [1.82, 2.24) is 19.9 Å². The number of benzene rings is 1. The zero-order valence-electron chi connectivity index (χ0n) is 17.2. The number of carbonyl (C=O) groups excluding carboxylic acids is 1. The minimum Gasteiger partial charge on any atom is -0.340 e. The van der Waals surface area contributed by atoms with Gasteiger partial charge in [0.25, 0.3) is 0 Å². The van der Waals surface area contributed by atoms with Gasteiger partial charge in [0.15, 0.2) is 0 Å². The van der Waals surface area contributed by atoms with Gasteiger partial charge >= 0.3 is 0 Å². The molecule has 1 aliphatic carbocycles. The molecule has 2 fully saturated rings.